The average molecular weight is 529 g/mol. The highest BCUT2D eigenvalue weighted by atomic mass is 32.1. The van der Waals surface area contributed by atoms with E-state index in [9.17, 15) is 0 Å². The van der Waals surface area contributed by atoms with Crippen LogP contribution >= 0.6 is 11.3 Å². The van der Waals surface area contributed by atoms with E-state index in [0.29, 0.717) is 0 Å². The Morgan fingerprint density at radius 1 is 0.350 bits per heavy atom. The second-order valence-electron chi connectivity index (χ2n) is 10.1. The Labute approximate surface area is 236 Å². The smallest absolute Gasteiger partial charge is 0.135 e. The minimum atomic E-state index is 0.919. The summed E-state index contributed by atoms with van der Waals surface area (Å²) in [6.07, 6.45) is 0. The molecule has 2 aromatic heterocycles. The van der Waals surface area contributed by atoms with Gasteiger partial charge in [-0.1, -0.05) is 121 Å². The molecule has 0 spiro atoms. The molecule has 0 saturated carbocycles. The Kier molecular flexibility index (Phi) is 5.39. The van der Waals surface area contributed by atoms with Gasteiger partial charge in [0, 0.05) is 36.9 Å². The van der Waals surface area contributed by atoms with Crippen molar-refractivity contribution in [1.82, 2.24) is 0 Å². The fraction of sp³-hybridized carbons (Fsp3) is 0. The van der Waals surface area contributed by atoms with Gasteiger partial charge in [0.1, 0.15) is 11.2 Å². The van der Waals surface area contributed by atoms with E-state index in [1.54, 1.807) is 0 Å². The van der Waals surface area contributed by atoms with Crippen molar-refractivity contribution in [2.75, 3.05) is 0 Å². The largest absolute Gasteiger partial charge is 0.456 e. The van der Waals surface area contributed by atoms with Gasteiger partial charge in [-0.3, -0.25) is 0 Å². The van der Waals surface area contributed by atoms with Crippen molar-refractivity contribution >= 4 is 44.0 Å². The molecule has 1 nitrogen and oxygen atoms in total. The van der Waals surface area contributed by atoms with E-state index in [0.717, 1.165) is 21.9 Å². The third kappa shape index (κ3) is 3.77. The minimum absolute atomic E-state index is 0.919. The maximum absolute atomic E-state index is 6.11. The molecule has 0 aliphatic rings. The maximum Gasteiger partial charge on any atom is 0.135 e. The van der Waals surface area contributed by atoms with Crippen LogP contribution in [0, 0.1) is 0 Å². The van der Waals surface area contributed by atoms with Crippen LogP contribution in [0.25, 0.3) is 75.8 Å². The van der Waals surface area contributed by atoms with Crippen LogP contribution in [0.5, 0.6) is 0 Å². The average Bonchev–Trinajstić information content (AvgIpc) is 3.60. The summed E-state index contributed by atoms with van der Waals surface area (Å²) in [7, 11) is 0. The lowest BCUT2D eigenvalue weighted by Crippen LogP contribution is -1.86. The third-order valence-corrected chi connectivity index (χ3v) is 9.02. The van der Waals surface area contributed by atoms with Crippen LogP contribution < -0.4 is 0 Å². The van der Waals surface area contributed by atoms with Gasteiger partial charge in [0.2, 0.25) is 0 Å². The minimum Gasteiger partial charge on any atom is -0.456 e. The van der Waals surface area contributed by atoms with Gasteiger partial charge in [0.25, 0.3) is 0 Å². The fourth-order valence-corrected chi connectivity index (χ4v) is 7.09. The highest BCUT2D eigenvalue weighted by molar-refractivity contribution is 7.21. The predicted molar refractivity (Wildman–Crippen MR) is 171 cm³/mol. The van der Waals surface area contributed by atoms with E-state index >= 15 is 0 Å². The molecular formula is C38H24OS. The molecule has 0 radical (unpaired) electrons. The zero-order valence-electron chi connectivity index (χ0n) is 21.7. The zero-order valence-corrected chi connectivity index (χ0v) is 22.5. The normalized spacial score (nSPS) is 11.5. The number of hydrogen-bond acceptors (Lipinski definition) is 2. The fourth-order valence-electron chi connectivity index (χ4n) is 5.78. The number of rotatable bonds is 4. The first-order valence-corrected chi connectivity index (χ1v) is 14.3. The Bertz CT molecular complexity index is 2150. The monoisotopic (exact) mass is 528 g/mol. The van der Waals surface area contributed by atoms with Crippen LogP contribution in [0.2, 0.25) is 0 Å². The Balaban J connectivity index is 1.38. The van der Waals surface area contributed by atoms with Crippen LogP contribution in [0.15, 0.2) is 150 Å². The standard InChI is InChI=1S/C38H24OS/c1-3-11-25(12-4-1)29-21-19-27(28-20-22-36-33(23-28)30-15-9-10-18-35(30)39-36)24-34(29)38-32-17-8-7-16-31(32)37(40-38)26-13-5-2-6-14-26/h1-24H. The Hall–Kier alpha value is -4.92. The number of benzene rings is 6. The quantitative estimate of drug-likeness (QED) is 0.221. The highest BCUT2D eigenvalue weighted by Gasteiger charge is 2.18. The van der Waals surface area contributed by atoms with Crippen molar-refractivity contribution in [3.8, 4) is 43.1 Å². The Morgan fingerprint density at radius 2 is 0.925 bits per heavy atom. The van der Waals surface area contributed by atoms with Gasteiger partial charge in [0.05, 0.1) is 0 Å². The second-order valence-corrected chi connectivity index (χ2v) is 11.1. The van der Waals surface area contributed by atoms with E-state index in [-0.39, 0.29) is 0 Å². The summed E-state index contributed by atoms with van der Waals surface area (Å²) in [5.74, 6) is 0. The van der Waals surface area contributed by atoms with E-state index in [4.69, 9.17) is 4.42 Å². The van der Waals surface area contributed by atoms with Crippen LogP contribution in [0.3, 0.4) is 0 Å². The molecule has 8 rings (SSSR count). The predicted octanol–water partition coefficient (Wildman–Crippen LogP) is 11.5. The number of para-hydroxylation sites is 1. The van der Waals surface area contributed by atoms with Crippen LogP contribution in [0.1, 0.15) is 0 Å². The van der Waals surface area contributed by atoms with E-state index < -0.39 is 0 Å². The molecule has 2 heteroatoms. The first-order valence-electron chi connectivity index (χ1n) is 13.5. The molecule has 0 amide bonds. The van der Waals surface area contributed by atoms with Gasteiger partial charge >= 0.3 is 0 Å². The van der Waals surface area contributed by atoms with Crippen molar-refractivity contribution < 1.29 is 4.42 Å². The van der Waals surface area contributed by atoms with Crippen molar-refractivity contribution in [2.24, 2.45) is 0 Å². The van der Waals surface area contributed by atoms with E-state index in [1.165, 1.54) is 53.9 Å². The van der Waals surface area contributed by atoms with Gasteiger partial charge < -0.3 is 4.42 Å². The summed E-state index contributed by atoms with van der Waals surface area (Å²) >= 11 is 1.88. The van der Waals surface area contributed by atoms with Crippen molar-refractivity contribution in [1.29, 1.82) is 0 Å². The molecule has 0 aliphatic heterocycles. The zero-order chi connectivity index (χ0) is 26.5. The van der Waals surface area contributed by atoms with Crippen LogP contribution in [-0.2, 0) is 0 Å². The maximum atomic E-state index is 6.11. The van der Waals surface area contributed by atoms with Crippen molar-refractivity contribution in [3.05, 3.63) is 146 Å². The van der Waals surface area contributed by atoms with Crippen LogP contribution in [0.4, 0.5) is 0 Å². The summed E-state index contributed by atoms with van der Waals surface area (Å²) < 4.78 is 6.11. The highest BCUT2D eigenvalue weighted by Crippen LogP contribution is 2.47. The number of fused-ring (bicyclic) bond motifs is 4. The van der Waals surface area contributed by atoms with Gasteiger partial charge in [-0.15, -0.1) is 11.3 Å². The SMILES string of the molecule is c1ccc(-c2ccc(-c3ccc4oc5ccccc5c4c3)cc2-c2sc(-c3ccccc3)c3ccccc23)cc1. The van der Waals surface area contributed by atoms with Crippen LogP contribution in [-0.4, -0.2) is 0 Å². The molecule has 6 aromatic carbocycles. The first kappa shape index (κ1) is 23.0. The Morgan fingerprint density at radius 3 is 1.70 bits per heavy atom. The molecule has 0 saturated heterocycles. The topological polar surface area (TPSA) is 13.1 Å². The number of furan rings is 1. The molecule has 0 bridgehead atoms. The molecule has 40 heavy (non-hydrogen) atoms. The van der Waals surface area contributed by atoms with Gasteiger partial charge in [-0.2, -0.15) is 0 Å². The number of hydrogen-bond donors (Lipinski definition) is 0. The molecular weight excluding hydrogens is 504 g/mol. The molecule has 188 valence electrons. The van der Waals surface area contributed by atoms with E-state index in [1.807, 2.05) is 23.5 Å². The second kappa shape index (κ2) is 9.37. The lowest BCUT2D eigenvalue weighted by Gasteiger charge is -2.13. The lowest BCUT2D eigenvalue weighted by molar-refractivity contribution is 0.669. The molecule has 0 N–H and O–H groups in total. The summed E-state index contributed by atoms with van der Waals surface area (Å²) in [6, 6.07) is 52.0. The molecule has 0 atom stereocenters. The molecule has 0 fully saturated rings. The summed E-state index contributed by atoms with van der Waals surface area (Å²) in [6.45, 7) is 0. The third-order valence-electron chi connectivity index (χ3n) is 7.72. The van der Waals surface area contributed by atoms with E-state index in [2.05, 4.69) is 133 Å². The summed E-state index contributed by atoms with van der Waals surface area (Å²) in [5.41, 5.74) is 9.19. The molecule has 0 unspecified atom stereocenters. The number of thiophene rings is 1. The van der Waals surface area contributed by atoms with Crippen molar-refractivity contribution in [2.45, 2.75) is 0 Å². The van der Waals surface area contributed by atoms with Gasteiger partial charge in [0.15, 0.2) is 0 Å². The summed E-state index contributed by atoms with van der Waals surface area (Å²) in [4.78, 5) is 2.60. The van der Waals surface area contributed by atoms with Gasteiger partial charge in [-0.25, -0.2) is 0 Å². The first-order chi connectivity index (χ1) is 19.8. The van der Waals surface area contributed by atoms with Crippen molar-refractivity contribution in [3.63, 3.8) is 0 Å². The van der Waals surface area contributed by atoms with Gasteiger partial charge in [-0.05, 0) is 52.1 Å². The molecule has 2 heterocycles. The molecule has 0 aliphatic carbocycles. The lowest BCUT2D eigenvalue weighted by atomic mass is 9.92. The summed E-state index contributed by atoms with van der Waals surface area (Å²) in [5, 5.41) is 4.88. The molecule has 8 aromatic rings.